The van der Waals surface area contributed by atoms with Crippen LogP contribution in [-0.4, -0.2) is 0 Å². The van der Waals surface area contributed by atoms with Crippen LogP contribution in [0.4, 0.5) is 0 Å². The molecule has 1 heteroatoms. The summed E-state index contributed by atoms with van der Waals surface area (Å²) < 4.78 is 0. The molecule has 0 aromatic heterocycles. The fraction of sp³-hybridized carbons (Fsp3) is 0.700. The van der Waals surface area contributed by atoms with E-state index in [1.165, 1.54) is 6.42 Å². The number of fused-ring (bicyclic) bond motifs is 1. The van der Waals surface area contributed by atoms with Gasteiger partial charge < -0.3 is 0 Å². The van der Waals surface area contributed by atoms with Crippen molar-refractivity contribution >= 4 is 0 Å². The van der Waals surface area contributed by atoms with Crippen LogP contribution in [0.1, 0.15) is 12.8 Å². The Morgan fingerprint density at radius 3 is 2.82 bits per heavy atom. The van der Waals surface area contributed by atoms with Crippen LogP contribution in [0.5, 0.6) is 0 Å². The van der Waals surface area contributed by atoms with Crippen molar-refractivity contribution < 1.29 is 0 Å². The molecule has 4 aliphatic carbocycles. The molecule has 2 bridgehead atoms. The lowest BCUT2D eigenvalue weighted by Crippen LogP contribution is -2.28. The molecule has 56 valence electrons. The number of hydrogen-bond acceptors (Lipinski definition) is 1. The van der Waals surface area contributed by atoms with Gasteiger partial charge in [-0.1, -0.05) is 12.2 Å². The van der Waals surface area contributed by atoms with Gasteiger partial charge in [-0.2, -0.15) is 5.26 Å². The van der Waals surface area contributed by atoms with Gasteiger partial charge in [0.25, 0.3) is 0 Å². The summed E-state index contributed by atoms with van der Waals surface area (Å²) in [5.74, 6) is 3.65. The van der Waals surface area contributed by atoms with Crippen LogP contribution in [0, 0.1) is 40.9 Å². The Bertz CT molecular complexity index is 261. The number of nitrogens with zero attached hydrogens (tertiary/aromatic N) is 1. The minimum atomic E-state index is 0.355. The van der Waals surface area contributed by atoms with Gasteiger partial charge in [-0.25, -0.2) is 0 Å². The lowest BCUT2D eigenvalue weighted by Gasteiger charge is -2.33. The van der Waals surface area contributed by atoms with Crippen LogP contribution in [0.25, 0.3) is 0 Å². The molecular formula is C10H11N. The zero-order valence-electron chi connectivity index (χ0n) is 6.40. The Balaban J connectivity index is 1.99. The molecule has 0 aromatic carbocycles. The van der Waals surface area contributed by atoms with Crippen molar-refractivity contribution in [3.05, 3.63) is 12.2 Å². The second-order valence-corrected chi connectivity index (χ2v) is 4.16. The second-order valence-electron chi connectivity index (χ2n) is 4.16. The van der Waals surface area contributed by atoms with Gasteiger partial charge >= 0.3 is 0 Å². The lowest BCUT2D eigenvalue weighted by atomic mass is 9.70. The van der Waals surface area contributed by atoms with E-state index < -0.39 is 0 Å². The summed E-state index contributed by atoms with van der Waals surface area (Å²) in [6, 6.07) is 2.44. The van der Waals surface area contributed by atoms with E-state index in [1.54, 1.807) is 0 Å². The molecular weight excluding hydrogens is 134 g/mol. The highest BCUT2D eigenvalue weighted by atomic mass is 14.6. The van der Waals surface area contributed by atoms with Crippen LogP contribution >= 0.6 is 0 Å². The largest absolute Gasteiger partial charge is 0.198 e. The number of allylic oxidation sites excluding steroid dienone is 2. The normalized spacial score (nSPS) is 56.8. The van der Waals surface area contributed by atoms with E-state index in [4.69, 9.17) is 5.26 Å². The zero-order valence-corrected chi connectivity index (χ0v) is 6.40. The van der Waals surface area contributed by atoms with Crippen molar-refractivity contribution in [2.45, 2.75) is 12.8 Å². The first-order chi connectivity index (χ1) is 5.40. The number of nitriles is 1. The van der Waals surface area contributed by atoms with Gasteiger partial charge in [-0.15, -0.1) is 0 Å². The van der Waals surface area contributed by atoms with Crippen LogP contribution in [-0.2, 0) is 0 Å². The molecule has 0 amide bonds. The predicted octanol–water partition coefficient (Wildman–Crippen LogP) is 1.97. The zero-order chi connectivity index (χ0) is 7.42. The molecule has 4 aliphatic rings. The van der Waals surface area contributed by atoms with Crippen molar-refractivity contribution in [1.29, 1.82) is 5.26 Å². The number of hydrogen-bond donors (Lipinski definition) is 0. The summed E-state index contributed by atoms with van der Waals surface area (Å²) >= 11 is 0. The standard InChI is InChI=1S/C10H11N/c11-5-7-3-6-1-2-8(7)10-4-9(6)10/h1-2,6-10H,3-4H2/t6-,7?,8+,9-,10+/m1/s1. The fourth-order valence-electron chi connectivity index (χ4n) is 3.00. The van der Waals surface area contributed by atoms with Crippen molar-refractivity contribution in [2.75, 3.05) is 0 Å². The van der Waals surface area contributed by atoms with Gasteiger partial charge in [0.2, 0.25) is 0 Å². The molecule has 1 nitrogen and oxygen atoms in total. The molecule has 11 heavy (non-hydrogen) atoms. The molecule has 5 atom stereocenters. The van der Waals surface area contributed by atoms with Gasteiger partial charge in [-0.05, 0) is 36.5 Å². The maximum Gasteiger partial charge on any atom is 0.0662 e. The molecule has 0 spiro atoms. The van der Waals surface area contributed by atoms with Gasteiger partial charge in [0.15, 0.2) is 0 Å². The molecule has 0 heterocycles. The van der Waals surface area contributed by atoms with Crippen molar-refractivity contribution in [3.8, 4) is 6.07 Å². The smallest absolute Gasteiger partial charge is 0.0662 e. The van der Waals surface area contributed by atoms with E-state index in [9.17, 15) is 0 Å². The first-order valence-corrected chi connectivity index (χ1v) is 4.48. The Morgan fingerprint density at radius 2 is 2.09 bits per heavy atom. The quantitative estimate of drug-likeness (QED) is 0.478. The molecule has 1 unspecified atom stereocenters. The van der Waals surface area contributed by atoms with Gasteiger partial charge in [0.1, 0.15) is 0 Å². The molecule has 0 saturated heterocycles. The highest BCUT2D eigenvalue weighted by Crippen LogP contribution is 2.61. The Hall–Kier alpha value is -0.770. The summed E-state index contributed by atoms with van der Waals surface area (Å²) in [5, 5.41) is 8.87. The predicted molar refractivity (Wildman–Crippen MR) is 41.4 cm³/mol. The number of rotatable bonds is 0. The van der Waals surface area contributed by atoms with Gasteiger partial charge in [0.05, 0.1) is 12.0 Å². The third-order valence-electron chi connectivity index (χ3n) is 3.67. The van der Waals surface area contributed by atoms with Gasteiger partial charge in [-0.3, -0.25) is 0 Å². The molecule has 2 fully saturated rings. The molecule has 0 radical (unpaired) electrons. The van der Waals surface area contributed by atoms with Crippen molar-refractivity contribution in [1.82, 2.24) is 0 Å². The molecule has 0 aliphatic heterocycles. The van der Waals surface area contributed by atoms with Gasteiger partial charge in [0, 0.05) is 0 Å². The van der Waals surface area contributed by atoms with E-state index in [2.05, 4.69) is 18.2 Å². The summed E-state index contributed by atoms with van der Waals surface area (Å²) in [6.07, 6.45) is 7.21. The Labute approximate surface area is 66.7 Å². The molecule has 2 saturated carbocycles. The third-order valence-corrected chi connectivity index (χ3v) is 3.67. The van der Waals surface area contributed by atoms with Crippen molar-refractivity contribution in [2.24, 2.45) is 29.6 Å². The summed E-state index contributed by atoms with van der Waals surface area (Å²) in [6.45, 7) is 0. The third kappa shape index (κ3) is 0.605. The minimum Gasteiger partial charge on any atom is -0.198 e. The first kappa shape index (κ1) is 5.83. The topological polar surface area (TPSA) is 23.8 Å². The lowest BCUT2D eigenvalue weighted by molar-refractivity contribution is 0.252. The monoisotopic (exact) mass is 145 g/mol. The maximum absolute atomic E-state index is 8.87. The first-order valence-electron chi connectivity index (χ1n) is 4.48. The summed E-state index contributed by atoms with van der Waals surface area (Å²) in [7, 11) is 0. The molecule has 0 aromatic rings. The highest BCUT2D eigenvalue weighted by Gasteiger charge is 2.55. The summed E-state index contributed by atoms with van der Waals surface area (Å²) in [4.78, 5) is 0. The molecule has 4 rings (SSSR count). The Kier molecular flexibility index (Phi) is 0.896. The van der Waals surface area contributed by atoms with Crippen LogP contribution in [0.15, 0.2) is 12.2 Å². The average Bonchev–Trinajstić information content (AvgIpc) is 2.84. The van der Waals surface area contributed by atoms with E-state index >= 15 is 0 Å². The maximum atomic E-state index is 8.87. The molecule has 0 N–H and O–H groups in total. The van der Waals surface area contributed by atoms with E-state index in [1.807, 2.05) is 0 Å². The minimum absolute atomic E-state index is 0.355. The SMILES string of the molecule is N#CC1C[C@H]2C=C[C@@H]1[C@@H]1C[C@@H]12. The van der Waals surface area contributed by atoms with E-state index in [0.29, 0.717) is 11.8 Å². The second kappa shape index (κ2) is 1.69. The Morgan fingerprint density at radius 1 is 1.18 bits per heavy atom. The highest BCUT2D eigenvalue weighted by molar-refractivity contribution is 5.21. The van der Waals surface area contributed by atoms with E-state index in [-0.39, 0.29) is 0 Å². The van der Waals surface area contributed by atoms with Crippen molar-refractivity contribution in [3.63, 3.8) is 0 Å². The fourth-order valence-corrected chi connectivity index (χ4v) is 3.00. The average molecular weight is 145 g/mol. The van der Waals surface area contributed by atoms with E-state index in [0.717, 1.165) is 24.2 Å². The van der Waals surface area contributed by atoms with Crippen LogP contribution in [0.3, 0.4) is 0 Å². The van der Waals surface area contributed by atoms with Crippen LogP contribution in [0.2, 0.25) is 0 Å². The summed E-state index contributed by atoms with van der Waals surface area (Å²) in [5.41, 5.74) is 0. The van der Waals surface area contributed by atoms with Crippen LogP contribution < -0.4 is 0 Å².